The van der Waals surface area contributed by atoms with Crippen LogP contribution < -0.4 is 0 Å². The predicted molar refractivity (Wildman–Crippen MR) is 65.2 cm³/mol. The predicted octanol–water partition coefficient (Wildman–Crippen LogP) is 4.34. The lowest BCUT2D eigenvalue weighted by atomic mass is 10.1. The molecule has 0 radical (unpaired) electrons. The number of fused-ring (bicyclic) bond motifs is 1. The van der Waals surface area contributed by atoms with Crippen LogP contribution in [0.15, 0.2) is 28.0 Å². The average Bonchev–Trinajstić information content (AvgIpc) is 2.18. The molecule has 1 aliphatic heterocycles. The maximum atomic E-state index is 3.73. The highest BCUT2D eigenvalue weighted by atomic mass is 79.9. The van der Waals surface area contributed by atoms with Gasteiger partial charge in [0.15, 0.2) is 0 Å². The Morgan fingerprint density at radius 1 is 1.54 bits per heavy atom. The van der Waals surface area contributed by atoms with Crippen molar-refractivity contribution in [2.24, 2.45) is 0 Å². The summed E-state index contributed by atoms with van der Waals surface area (Å²) in [5, 5.41) is 0. The minimum absolute atomic E-state index is 0.566. The van der Waals surface area contributed by atoms with Gasteiger partial charge >= 0.3 is 0 Å². The quantitative estimate of drug-likeness (QED) is 0.552. The molecule has 13 heavy (non-hydrogen) atoms. The fraction of sp³-hybridized carbons (Fsp3) is 0.400. The molecule has 1 aromatic rings. The van der Waals surface area contributed by atoms with E-state index in [0.717, 1.165) is 0 Å². The van der Waals surface area contributed by atoms with Gasteiger partial charge in [0, 0.05) is 14.6 Å². The van der Waals surface area contributed by atoms with Crippen molar-refractivity contribution >= 4 is 39.5 Å². The van der Waals surface area contributed by atoms with E-state index in [1.54, 1.807) is 0 Å². The molecule has 0 aliphatic carbocycles. The van der Waals surface area contributed by atoms with Gasteiger partial charge in [0.05, 0.1) is 0 Å². The lowest BCUT2D eigenvalue weighted by molar-refractivity contribution is 0.874. The van der Waals surface area contributed by atoms with E-state index < -0.39 is 0 Å². The van der Waals surface area contributed by atoms with Crippen LogP contribution in [-0.2, 0) is 0 Å². The third-order valence-corrected chi connectivity index (χ3v) is 4.98. The number of alkyl halides is 1. The van der Waals surface area contributed by atoms with E-state index >= 15 is 0 Å². The summed E-state index contributed by atoms with van der Waals surface area (Å²) in [6.07, 6.45) is 3.37. The minimum atomic E-state index is 0.566. The van der Waals surface area contributed by atoms with Crippen LogP contribution in [0.1, 0.15) is 16.8 Å². The summed E-state index contributed by atoms with van der Waals surface area (Å²) >= 11 is 7.51. The largest absolute Gasteiger partial charge is 0.130 e. The zero-order valence-corrected chi connectivity index (χ0v) is 10.6. The molecule has 2 rings (SSSR count). The van der Waals surface area contributed by atoms with Gasteiger partial charge in [-0.15, -0.1) is 23.5 Å². The van der Waals surface area contributed by atoms with E-state index in [9.17, 15) is 0 Å². The lowest BCUT2D eigenvalue weighted by Crippen LogP contribution is -2.01. The van der Waals surface area contributed by atoms with E-state index in [2.05, 4.69) is 40.4 Å². The molecule has 1 aliphatic rings. The third-order valence-electron chi connectivity index (χ3n) is 2.18. The van der Waals surface area contributed by atoms with E-state index in [0.29, 0.717) is 4.83 Å². The maximum absolute atomic E-state index is 3.73. The molecule has 1 atom stereocenters. The van der Waals surface area contributed by atoms with Crippen molar-refractivity contribution in [3.05, 3.63) is 23.8 Å². The number of hydrogen-bond acceptors (Lipinski definition) is 2. The second-order valence-corrected chi connectivity index (χ2v) is 6.13. The van der Waals surface area contributed by atoms with Crippen molar-refractivity contribution in [1.82, 2.24) is 0 Å². The number of rotatable bonds is 1. The highest BCUT2D eigenvalue weighted by Crippen LogP contribution is 2.41. The fourth-order valence-electron chi connectivity index (χ4n) is 1.46. The van der Waals surface area contributed by atoms with Crippen LogP contribution in [0.4, 0.5) is 0 Å². The van der Waals surface area contributed by atoms with Crippen molar-refractivity contribution in [1.29, 1.82) is 0 Å². The minimum Gasteiger partial charge on any atom is -0.130 e. The van der Waals surface area contributed by atoms with Gasteiger partial charge in [-0.25, -0.2) is 0 Å². The molecule has 0 spiro atoms. The Bertz CT molecular complexity index is 312. The molecule has 0 N–H and O–H groups in total. The highest BCUT2D eigenvalue weighted by molar-refractivity contribution is 9.09. The Hall–Kier alpha value is 0.400. The van der Waals surface area contributed by atoms with Crippen molar-refractivity contribution < 1.29 is 0 Å². The van der Waals surface area contributed by atoms with Crippen molar-refractivity contribution in [3.8, 4) is 0 Å². The Kier molecular flexibility index (Phi) is 3.27. The first-order chi connectivity index (χ1) is 6.31. The van der Waals surface area contributed by atoms with E-state index in [1.807, 2.05) is 23.5 Å². The smallest absolute Gasteiger partial charge is 0.0414 e. The van der Waals surface area contributed by atoms with Crippen LogP contribution in [0.5, 0.6) is 0 Å². The van der Waals surface area contributed by atoms with Crippen LogP contribution in [0, 0.1) is 0 Å². The molecular weight excluding hydrogens is 264 g/mol. The SMILES string of the molecule is CSc1ccc2c(c1)C(Br)CCS2. The Labute approximate surface area is 96.0 Å². The van der Waals surface area contributed by atoms with Crippen LogP contribution in [0.3, 0.4) is 0 Å². The van der Waals surface area contributed by atoms with E-state index in [4.69, 9.17) is 0 Å². The first kappa shape index (κ1) is 9.94. The van der Waals surface area contributed by atoms with Gasteiger partial charge < -0.3 is 0 Å². The lowest BCUT2D eigenvalue weighted by Gasteiger charge is -2.20. The molecule has 0 bridgehead atoms. The van der Waals surface area contributed by atoms with Crippen molar-refractivity contribution in [3.63, 3.8) is 0 Å². The molecule has 0 nitrogen and oxygen atoms in total. The Morgan fingerprint density at radius 3 is 3.15 bits per heavy atom. The normalized spacial score (nSPS) is 21.2. The zero-order valence-electron chi connectivity index (χ0n) is 7.42. The third kappa shape index (κ3) is 2.08. The summed E-state index contributed by atoms with van der Waals surface area (Å²) in [7, 11) is 0. The van der Waals surface area contributed by atoms with Crippen LogP contribution in [-0.4, -0.2) is 12.0 Å². The fourth-order valence-corrected chi connectivity index (χ4v) is 4.07. The van der Waals surface area contributed by atoms with Crippen LogP contribution in [0.25, 0.3) is 0 Å². The summed E-state index contributed by atoms with van der Waals surface area (Å²) in [6.45, 7) is 0. The summed E-state index contributed by atoms with van der Waals surface area (Å²) in [4.78, 5) is 3.38. The van der Waals surface area contributed by atoms with Gasteiger partial charge in [-0.1, -0.05) is 15.9 Å². The van der Waals surface area contributed by atoms with Gasteiger partial charge in [0.2, 0.25) is 0 Å². The average molecular weight is 275 g/mol. The summed E-state index contributed by atoms with van der Waals surface area (Å²) < 4.78 is 0. The Balaban J connectivity index is 2.41. The Morgan fingerprint density at radius 2 is 2.38 bits per heavy atom. The zero-order chi connectivity index (χ0) is 9.26. The highest BCUT2D eigenvalue weighted by Gasteiger charge is 2.17. The standard InChI is InChI=1S/C10H11BrS2/c1-12-7-2-3-10-8(6-7)9(11)4-5-13-10/h2-3,6,9H,4-5H2,1H3. The number of thioether (sulfide) groups is 2. The van der Waals surface area contributed by atoms with Gasteiger partial charge in [-0.3, -0.25) is 0 Å². The molecule has 0 amide bonds. The second kappa shape index (κ2) is 4.28. The first-order valence-electron chi connectivity index (χ1n) is 4.26. The molecule has 0 saturated carbocycles. The van der Waals surface area contributed by atoms with Crippen molar-refractivity contribution in [2.45, 2.75) is 21.0 Å². The van der Waals surface area contributed by atoms with Crippen molar-refractivity contribution in [2.75, 3.05) is 12.0 Å². The van der Waals surface area contributed by atoms with Crippen LogP contribution in [0.2, 0.25) is 0 Å². The molecular formula is C10H11BrS2. The van der Waals surface area contributed by atoms with Gasteiger partial charge in [-0.05, 0) is 42.2 Å². The first-order valence-corrected chi connectivity index (χ1v) is 7.38. The maximum Gasteiger partial charge on any atom is 0.0414 e. The second-order valence-electron chi connectivity index (χ2n) is 3.01. The summed E-state index contributed by atoms with van der Waals surface area (Å²) in [5.74, 6) is 1.24. The molecule has 0 saturated heterocycles. The molecule has 1 unspecified atom stereocenters. The number of benzene rings is 1. The molecule has 0 aromatic heterocycles. The van der Waals surface area contributed by atoms with Gasteiger partial charge in [0.1, 0.15) is 0 Å². The molecule has 1 heterocycles. The van der Waals surface area contributed by atoms with Gasteiger partial charge in [-0.2, -0.15) is 0 Å². The number of halogens is 1. The van der Waals surface area contributed by atoms with E-state index in [-0.39, 0.29) is 0 Å². The van der Waals surface area contributed by atoms with Crippen LogP contribution >= 0.6 is 39.5 Å². The molecule has 3 heteroatoms. The molecule has 70 valence electrons. The molecule has 0 fully saturated rings. The number of hydrogen-bond donors (Lipinski definition) is 0. The summed E-state index contributed by atoms with van der Waals surface area (Å²) in [5.41, 5.74) is 1.48. The van der Waals surface area contributed by atoms with Gasteiger partial charge in [0.25, 0.3) is 0 Å². The monoisotopic (exact) mass is 274 g/mol. The van der Waals surface area contributed by atoms with E-state index in [1.165, 1.54) is 27.5 Å². The molecule has 1 aromatic carbocycles. The topological polar surface area (TPSA) is 0 Å². The summed E-state index contributed by atoms with van der Waals surface area (Å²) in [6, 6.07) is 6.77.